The highest BCUT2D eigenvalue weighted by Crippen LogP contribution is 2.43. The van der Waals surface area contributed by atoms with E-state index in [1.54, 1.807) is 18.7 Å². The molecular weight excluding hydrogens is 689 g/mol. The molecule has 0 aromatic rings. The van der Waals surface area contributed by atoms with Crippen molar-refractivity contribution in [2.45, 2.75) is 155 Å². The summed E-state index contributed by atoms with van der Waals surface area (Å²) in [4.78, 5) is 84.0. The minimum atomic E-state index is -3.73. The first kappa shape index (κ1) is 41.7. The van der Waals surface area contributed by atoms with Gasteiger partial charge in [-0.3, -0.25) is 28.8 Å². The van der Waals surface area contributed by atoms with Gasteiger partial charge < -0.3 is 26.2 Å². The van der Waals surface area contributed by atoms with E-state index in [4.69, 9.17) is 0 Å². The Morgan fingerprint density at radius 3 is 2.04 bits per heavy atom. The van der Waals surface area contributed by atoms with Gasteiger partial charge in [-0.05, 0) is 74.0 Å². The Balaban J connectivity index is 1.58. The van der Waals surface area contributed by atoms with Gasteiger partial charge in [0.2, 0.25) is 39.4 Å². The fourth-order valence-electron chi connectivity index (χ4n) is 8.20. The number of carbonyl (C=O) groups is 6. The molecule has 5 amide bonds. The van der Waals surface area contributed by atoms with E-state index in [9.17, 15) is 37.2 Å². The number of carbonyl (C=O) groups excluding carboxylic acids is 6. The lowest BCUT2D eigenvalue weighted by Gasteiger charge is -2.38. The van der Waals surface area contributed by atoms with Crippen LogP contribution in [-0.4, -0.2) is 97.7 Å². The van der Waals surface area contributed by atoms with Crippen LogP contribution in [0, 0.1) is 29.1 Å². The van der Waals surface area contributed by atoms with Gasteiger partial charge in [0.15, 0.2) is 0 Å². The Morgan fingerprint density at radius 1 is 0.827 bits per heavy atom. The Bertz CT molecular complexity index is 1450. The molecule has 7 atom stereocenters. The summed E-state index contributed by atoms with van der Waals surface area (Å²) in [5.74, 6) is -4.10. The number of ketones is 1. The number of amides is 5. The predicted molar refractivity (Wildman–Crippen MR) is 196 cm³/mol. The highest BCUT2D eigenvalue weighted by Gasteiger charge is 2.52. The molecule has 5 N–H and O–H groups in total. The molecule has 0 aromatic carbocycles. The van der Waals surface area contributed by atoms with Crippen LogP contribution >= 0.6 is 0 Å². The first-order valence-corrected chi connectivity index (χ1v) is 21.2. The smallest absolute Gasteiger partial charge is 0.289 e. The summed E-state index contributed by atoms with van der Waals surface area (Å²) in [6.07, 6.45) is 10.1. The lowest BCUT2D eigenvalue weighted by atomic mass is 9.82. The second-order valence-electron chi connectivity index (χ2n) is 17.1. The first-order chi connectivity index (χ1) is 24.3. The summed E-state index contributed by atoms with van der Waals surface area (Å²) in [7, 11) is -3.73. The predicted octanol–water partition coefficient (Wildman–Crippen LogP) is 1.92. The Labute approximate surface area is 309 Å². The monoisotopic (exact) mass is 750 g/mol. The Kier molecular flexibility index (Phi) is 13.9. The Morgan fingerprint density at radius 2 is 1.48 bits per heavy atom. The summed E-state index contributed by atoms with van der Waals surface area (Å²) in [5, 5.41) is 11.4. The van der Waals surface area contributed by atoms with E-state index >= 15 is 0 Å². The topological polar surface area (TPSA) is 200 Å². The van der Waals surface area contributed by atoms with Crippen molar-refractivity contribution in [1.82, 2.24) is 30.9 Å². The minimum Gasteiger partial charge on any atom is -0.347 e. The second-order valence-corrected chi connectivity index (χ2v) is 18.8. The van der Waals surface area contributed by atoms with Gasteiger partial charge >= 0.3 is 0 Å². The van der Waals surface area contributed by atoms with E-state index in [1.165, 1.54) is 0 Å². The zero-order valence-electron chi connectivity index (χ0n) is 32.1. The van der Waals surface area contributed by atoms with Crippen molar-refractivity contribution in [3.8, 4) is 0 Å². The van der Waals surface area contributed by atoms with Crippen LogP contribution in [0.15, 0.2) is 0 Å². The molecule has 3 saturated carbocycles. The molecule has 4 fully saturated rings. The van der Waals surface area contributed by atoms with Gasteiger partial charge in [0, 0.05) is 12.6 Å². The zero-order valence-corrected chi connectivity index (χ0v) is 32.9. The summed E-state index contributed by atoms with van der Waals surface area (Å²) < 4.78 is 26.6. The summed E-state index contributed by atoms with van der Waals surface area (Å²) in [5.41, 5.74) is -0.799. The number of fused-ring (bicyclic) bond motifs is 1. The molecule has 1 aliphatic heterocycles. The Hall–Kier alpha value is -3.07. The van der Waals surface area contributed by atoms with Crippen molar-refractivity contribution in [2.75, 3.05) is 12.8 Å². The van der Waals surface area contributed by atoms with Gasteiger partial charge in [-0.2, -0.15) is 0 Å². The first-order valence-electron chi connectivity index (χ1n) is 19.4. The molecule has 14 nitrogen and oxygen atoms in total. The maximum Gasteiger partial charge on any atom is 0.289 e. The molecule has 0 bridgehead atoms. The van der Waals surface area contributed by atoms with Crippen molar-refractivity contribution in [3.63, 3.8) is 0 Å². The van der Waals surface area contributed by atoms with E-state index in [2.05, 4.69) is 26.0 Å². The van der Waals surface area contributed by atoms with E-state index in [-0.39, 0.29) is 30.2 Å². The third kappa shape index (κ3) is 10.8. The lowest BCUT2D eigenvalue weighted by molar-refractivity contribution is -0.146. The van der Waals surface area contributed by atoms with Gasteiger partial charge in [-0.15, -0.1) is 0 Å². The van der Waals surface area contributed by atoms with Crippen LogP contribution in [0.2, 0.25) is 0 Å². The van der Waals surface area contributed by atoms with Crippen LogP contribution < -0.4 is 26.0 Å². The molecule has 4 aliphatic rings. The van der Waals surface area contributed by atoms with Crippen LogP contribution in [0.3, 0.4) is 0 Å². The number of sulfonamides is 1. The highest BCUT2D eigenvalue weighted by atomic mass is 32.2. The molecule has 1 heterocycles. The number of likely N-dealkylation sites (tertiary alicyclic amines) is 1. The molecule has 15 heteroatoms. The average molecular weight is 751 g/mol. The van der Waals surface area contributed by atoms with Crippen LogP contribution in [0.5, 0.6) is 0 Å². The SMILES string of the molecule is CCC[C@H](NC(=O)[C@@H]1[C@H]2CCC[C@H]2CN1C(=O)[C@@H](NC(=O)[C@@H](NC(=O)[C@H](NS(C)(=O)=O)C(C)C)C1CCCCC1)C(C)(C)C)C(=O)C(=O)NC1CC1. The van der Waals surface area contributed by atoms with Gasteiger partial charge in [0.05, 0.1) is 12.3 Å². The third-order valence-corrected chi connectivity index (χ3v) is 11.9. The van der Waals surface area contributed by atoms with E-state index in [0.29, 0.717) is 25.8 Å². The molecule has 4 rings (SSSR count). The maximum absolute atomic E-state index is 14.7. The third-order valence-electron chi connectivity index (χ3n) is 11.2. The highest BCUT2D eigenvalue weighted by molar-refractivity contribution is 7.88. The average Bonchev–Trinajstić information content (AvgIpc) is 3.63. The normalized spacial score (nSPS) is 24.7. The fraction of sp³-hybridized carbons (Fsp3) is 0.838. The van der Waals surface area contributed by atoms with E-state index in [1.807, 2.05) is 27.7 Å². The molecule has 0 unspecified atom stereocenters. The number of nitrogens with one attached hydrogen (secondary N) is 5. The van der Waals surface area contributed by atoms with Gasteiger partial charge in [-0.25, -0.2) is 13.1 Å². The standard InChI is InChI=1S/C37H62N6O8S/c1-8-13-26(30(44)35(48)38-24-18-19-24)39-34(47)29-25-17-12-16-23(25)20-43(29)36(49)31(37(4,5)6)41-33(46)28(22-14-10-9-11-15-22)40-32(45)27(21(2)3)42-52(7,50)51/h21-29,31,42H,8-20H2,1-7H3,(H,38,48)(H,39,47)(H,40,45)(H,41,46)/t23-,25-,26-,27+,28-,29-,31+/m0/s1. The van der Waals surface area contributed by atoms with Crippen molar-refractivity contribution < 1.29 is 37.2 Å². The molecule has 0 spiro atoms. The summed E-state index contributed by atoms with van der Waals surface area (Å²) >= 11 is 0. The molecular formula is C37H62N6O8S. The van der Waals surface area contributed by atoms with Crippen molar-refractivity contribution in [3.05, 3.63) is 0 Å². The quantitative estimate of drug-likeness (QED) is 0.147. The van der Waals surface area contributed by atoms with Crippen molar-refractivity contribution >= 4 is 45.3 Å². The second kappa shape index (κ2) is 17.4. The molecule has 1 saturated heterocycles. The molecule has 0 radical (unpaired) electrons. The number of nitrogens with zero attached hydrogens (tertiary/aromatic N) is 1. The van der Waals surface area contributed by atoms with Crippen LogP contribution in [0.4, 0.5) is 0 Å². The van der Waals surface area contributed by atoms with Gasteiger partial charge in [0.1, 0.15) is 24.2 Å². The van der Waals surface area contributed by atoms with Crippen LogP contribution in [0.1, 0.15) is 119 Å². The van der Waals surface area contributed by atoms with Gasteiger partial charge in [0.25, 0.3) is 5.91 Å². The van der Waals surface area contributed by atoms with Crippen molar-refractivity contribution in [2.24, 2.45) is 29.1 Å². The molecule has 294 valence electrons. The number of hydrogen-bond donors (Lipinski definition) is 5. The van der Waals surface area contributed by atoms with Crippen molar-refractivity contribution in [1.29, 1.82) is 0 Å². The van der Waals surface area contributed by atoms with E-state index in [0.717, 1.165) is 57.6 Å². The zero-order chi connectivity index (χ0) is 38.5. The van der Waals surface area contributed by atoms with E-state index < -0.39 is 86.9 Å². The fourth-order valence-corrected chi connectivity index (χ4v) is 9.04. The van der Waals surface area contributed by atoms with Gasteiger partial charge in [-0.1, -0.05) is 73.6 Å². The largest absolute Gasteiger partial charge is 0.347 e. The molecule has 52 heavy (non-hydrogen) atoms. The number of rotatable bonds is 16. The molecule has 3 aliphatic carbocycles. The summed E-state index contributed by atoms with van der Waals surface area (Å²) in [6.45, 7) is 11.1. The van der Waals surface area contributed by atoms with Crippen LogP contribution in [0.25, 0.3) is 0 Å². The minimum absolute atomic E-state index is 0.00650. The van der Waals surface area contributed by atoms with Crippen LogP contribution in [-0.2, 0) is 38.8 Å². The molecule has 0 aromatic heterocycles. The summed E-state index contributed by atoms with van der Waals surface area (Å²) in [6, 6.07) is -5.06. The lowest BCUT2D eigenvalue weighted by Crippen LogP contribution is -2.63. The number of Topliss-reactive ketones (excluding diaryl/α,β-unsaturated/α-hetero) is 1. The maximum atomic E-state index is 14.7. The number of hydrogen-bond acceptors (Lipinski definition) is 8.